The number of pyridine rings is 1. The molecule has 0 N–H and O–H groups in total. The number of hydrogen-bond donors (Lipinski definition) is 0. The molecule has 0 aliphatic carbocycles. The van der Waals surface area contributed by atoms with Gasteiger partial charge >= 0.3 is 0 Å². The lowest BCUT2D eigenvalue weighted by molar-refractivity contribution is 0.0172. The maximum absolute atomic E-state index is 6.04. The highest BCUT2D eigenvalue weighted by Crippen LogP contribution is 2.42. The second kappa shape index (κ2) is 6.88. The third-order valence-electron chi connectivity index (χ3n) is 5.01. The summed E-state index contributed by atoms with van der Waals surface area (Å²) in [5.41, 5.74) is 2.29. The Morgan fingerprint density at radius 3 is 3.17 bits per heavy atom. The highest BCUT2D eigenvalue weighted by Gasteiger charge is 2.50. The van der Waals surface area contributed by atoms with E-state index in [-0.39, 0.29) is 5.41 Å². The van der Waals surface area contributed by atoms with Gasteiger partial charge in [-0.1, -0.05) is 6.07 Å². The van der Waals surface area contributed by atoms with Crippen LogP contribution in [0.4, 0.5) is 0 Å². The van der Waals surface area contributed by atoms with Crippen LogP contribution in [0, 0.1) is 18.3 Å². The fraction of sp³-hybridized carbons (Fsp3) is 0.556. The van der Waals surface area contributed by atoms with Crippen molar-refractivity contribution in [3.05, 3.63) is 46.2 Å². The van der Waals surface area contributed by atoms with Crippen LogP contribution >= 0.6 is 11.3 Å². The molecule has 0 saturated carbocycles. The van der Waals surface area contributed by atoms with E-state index in [0.717, 1.165) is 55.9 Å². The van der Waals surface area contributed by atoms with Crippen LogP contribution in [0.5, 0.6) is 0 Å². The third-order valence-corrected chi connectivity index (χ3v) is 5.83. The molecular weight excluding hydrogens is 322 g/mol. The summed E-state index contributed by atoms with van der Waals surface area (Å²) in [5.74, 6) is 0.554. The van der Waals surface area contributed by atoms with E-state index in [2.05, 4.69) is 32.4 Å². The van der Waals surface area contributed by atoms with Crippen molar-refractivity contribution in [2.24, 2.45) is 11.3 Å². The van der Waals surface area contributed by atoms with Crippen molar-refractivity contribution < 1.29 is 9.47 Å². The van der Waals surface area contributed by atoms with Gasteiger partial charge in [0.15, 0.2) is 0 Å². The van der Waals surface area contributed by atoms with Crippen LogP contribution in [0.2, 0.25) is 0 Å². The lowest BCUT2D eigenvalue weighted by Crippen LogP contribution is -2.35. The van der Waals surface area contributed by atoms with Crippen LogP contribution in [0.15, 0.2) is 29.8 Å². The number of aryl methyl sites for hydroxylation is 1. The number of likely N-dealkylation sites (tertiary alicyclic amines) is 1. The van der Waals surface area contributed by atoms with Gasteiger partial charge in [0.1, 0.15) is 0 Å². The fourth-order valence-corrected chi connectivity index (χ4v) is 4.42. The zero-order valence-electron chi connectivity index (χ0n) is 14.0. The first-order valence-corrected chi connectivity index (χ1v) is 9.30. The molecule has 128 valence electrons. The van der Waals surface area contributed by atoms with Gasteiger partial charge in [-0.2, -0.15) is 0 Å². The predicted octanol–water partition coefficient (Wildman–Crippen LogP) is 2.51. The lowest BCUT2D eigenvalue weighted by Gasteiger charge is -2.27. The summed E-state index contributed by atoms with van der Waals surface area (Å²) < 4.78 is 11.8. The van der Waals surface area contributed by atoms with Gasteiger partial charge < -0.3 is 9.47 Å². The Bertz CT molecular complexity index is 678. The molecule has 0 aromatic carbocycles. The lowest BCUT2D eigenvalue weighted by atomic mass is 9.82. The highest BCUT2D eigenvalue weighted by atomic mass is 32.1. The van der Waals surface area contributed by atoms with Crippen molar-refractivity contribution in [3.63, 3.8) is 0 Å². The summed E-state index contributed by atoms with van der Waals surface area (Å²) in [7, 11) is 0. The van der Waals surface area contributed by atoms with Crippen molar-refractivity contribution in [1.82, 2.24) is 14.9 Å². The summed E-state index contributed by atoms with van der Waals surface area (Å²) >= 11 is 1.68. The van der Waals surface area contributed by atoms with Crippen LogP contribution in [-0.4, -0.2) is 47.8 Å². The summed E-state index contributed by atoms with van der Waals surface area (Å²) in [4.78, 5) is 11.4. The summed E-state index contributed by atoms with van der Waals surface area (Å²) in [6.45, 7) is 8.00. The smallest absolute Gasteiger partial charge is 0.0898 e. The van der Waals surface area contributed by atoms with E-state index >= 15 is 0 Å². The van der Waals surface area contributed by atoms with Crippen molar-refractivity contribution in [3.8, 4) is 0 Å². The van der Waals surface area contributed by atoms with Gasteiger partial charge in [-0.25, -0.2) is 4.98 Å². The Kier molecular flexibility index (Phi) is 4.63. The minimum absolute atomic E-state index is 0.125. The zero-order chi connectivity index (χ0) is 16.4. The number of nitrogens with zero attached hydrogens (tertiary/aromatic N) is 3. The number of rotatable bonds is 6. The Balaban J connectivity index is 1.35. The van der Waals surface area contributed by atoms with Gasteiger partial charge in [-0.05, 0) is 19.1 Å². The molecule has 2 fully saturated rings. The Labute approximate surface area is 146 Å². The second-order valence-corrected chi connectivity index (χ2v) is 7.98. The van der Waals surface area contributed by atoms with E-state index in [1.165, 1.54) is 0 Å². The maximum atomic E-state index is 6.04. The average molecular weight is 345 g/mol. The van der Waals surface area contributed by atoms with Crippen molar-refractivity contribution >= 4 is 11.3 Å². The van der Waals surface area contributed by atoms with Gasteiger partial charge in [0.25, 0.3) is 0 Å². The molecule has 6 heteroatoms. The number of fused-ring (bicyclic) bond motifs is 1. The molecule has 0 radical (unpaired) electrons. The molecule has 2 aromatic heterocycles. The molecule has 0 bridgehead atoms. The quantitative estimate of drug-likeness (QED) is 0.805. The van der Waals surface area contributed by atoms with Crippen molar-refractivity contribution in [2.75, 3.05) is 32.9 Å². The van der Waals surface area contributed by atoms with Gasteiger partial charge in [0, 0.05) is 42.5 Å². The van der Waals surface area contributed by atoms with E-state index in [1.807, 2.05) is 19.2 Å². The monoisotopic (exact) mass is 345 g/mol. The molecule has 0 amide bonds. The molecule has 2 atom stereocenters. The first-order valence-electron chi connectivity index (χ1n) is 8.42. The summed E-state index contributed by atoms with van der Waals surface area (Å²) in [5, 5.41) is 3.17. The first-order chi connectivity index (χ1) is 11.7. The van der Waals surface area contributed by atoms with Crippen LogP contribution < -0.4 is 0 Å². The largest absolute Gasteiger partial charge is 0.380 e. The summed E-state index contributed by atoms with van der Waals surface area (Å²) in [6, 6.07) is 6.11. The molecule has 2 saturated heterocycles. The molecule has 2 aromatic rings. The van der Waals surface area contributed by atoms with Gasteiger partial charge in [0.05, 0.1) is 42.8 Å². The Morgan fingerprint density at radius 2 is 2.38 bits per heavy atom. The molecule has 2 aliphatic rings. The van der Waals surface area contributed by atoms with Crippen molar-refractivity contribution in [2.45, 2.75) is 20.1 Å². The number of thiazole rings is 1. The van der Waals surface area contributed by atoms with E-state index in [0.29, 0.717) is 12.5 Å². The first kappa shape index (κ1) is 16.1. The van der Waals surface area contributed by atoms with Crippen LogP contribution in [0.25, 0.3) is 0 Å². The average Bonchev–Trinajstić information content (AvgIpc) is 3.23. The van der Waals surface area contributed by atoms with E-state index in [4.69, 9.17) is 9.47 Å². The minimum Gasteiger partial charge on any atom is -0.380 e. The van der Waals surface area contributed by atoms with Crippen LogP contribution in [0.3, 0.4) is 0 Å². The van der Waals surface area contributed by atoms with Crippen LogP contribution in [-0.2, 0) is 22.6 Å². The summed E-state index contributed by atoms with van der Waals surface area (Å²) in [6.07, 6.45) is 1.87. The van der Waals surface area contributed by atoms with Crippen LogP contribution in [0.1, 0.15) is 16.4 Å². The molecule has 2 aliphatic heterocycles. The Morgan fingerprint density at radius 1 is 1.42 bits per heavy atom. The Hall–Kier alpha value is -1.34. The highest BCUT2D eigenvalue weighted by molar-refractivity contribution is 7.09. The van der Waals surface area contributed by atoms with E-state index < -0.39 is 0 Å². The van der Waals surface area contributed by atoms with Crippen molar-refractivity contribution in [1.29, 1.82) is 0 Å². The minimum atomic E-state index is 0.125. The normalized spacial score (nSPS) is 26.8. The molecule has 24 heavy (non-hydrogen) atoms. The predicted molar refractivity (Wildman–Crippen MR) is 92.8 cm³/mol. The number of hydrogen-bond acceptors (Lipinski definition) is 6. The fourth-order valence-electron chi connectivity index (χ4n) is 3.82. The molecule has 4 rings (SSSR count). The molecule has 5 nitrogen and oxygen atoms in total. The SMILES string of the molecule is Cc1nc(COC[C@@]23COC[C@@H]2CN(Cc2ccccn2)C3)cs1. The van der Waals surface area contributed by atoms with Gasteiger partial charge in [0.2, 0.25) is 0 Å². The van der Waals surface area contributed by atoms with E-state index in [1.54, 1.807) is 11.3 Å². The third kappa shape index (κ3) is 3.37. The molecular formula is C18H23N3O2S. The maximum Gasteiger partial charge on any atom is 0.0898 e. The topological polar surface area (TPSA) is 47.5 Å². The van der Waals surface area contributed by atoms with E-state index in [9.17, 15) is 0 Å². The number of aromatic nitrogens is 2. The van der Waals surface area contributed by atoms with Gasteiger partial charge in [-0.3, -0.25) is 9.88 Å². The standard InChI is InChI=1S/C18H23N3O2S/c1-14-20-17(10-24-14)9-23-13-18-11-21(6-15(18)8-22-12-18)7-16-4-2-3-5-19-16/h2-5,10,15H,6-9,11-13H2,1H3/t15-,18+/m0/s1. The molecule has 0 spiro atoms. The molecule has 0 unspecified atom stereocenters. The molecule has 4 heterocycles. The second-order valence-electron chi connectivity index (χ2n) is 6.92. The number of ether oxygens (including phenoxy) is 2. The van der Waals surface area contributed by atoms with Gasteiger partial charge in [-0.15, -0.1) is 11.3 Å². The zero-order valence-corrected chi connectivity index (χ0v) is 14.8.